The van der Waals surface area contributed by atoms with Crippen LogP contribution in [0.4, 0.5) is 14.9 Å². The van der Waals surface area contributed by atoms with Gasteiger partial charge in [-0.15, -0.1) is 0 Å². The van der Waals surface area contributed by atoms with Gasteiger partial charge in [-0.05, 0) is 37.1 Å². The number of urea groups is 1. The maximum atomic E-state index is 14.4. The highest BCUT2D eigenvalue weighted by Gasteiger charge is 2.37. The van der Waals surface area contributed by atoms with E-state index >= 15 is 0 Å². The molecule has 1 fully saturated rings. The molecule has 1 saturated carbocycles. The Hall–Kier alpha value is -3.29. The number of primary amides is 1. The maximum Gasteiger partial charge on any atom is 0.321 e. The molecule has 3 amide bonds. The van der Waals surface area contributed by atoms with Crippen LogP contribution in [0.2, 0.25) is 0 Å². The third-order valence-electron chi connectivity index (χ3n) is 4.86. The van der Waals surface area contributed by atoms with E-state index in [-0.39, 0.29) is 29.6 Å². The largest absolute Gasteiger partial charge is 0.493 e. The monoisotopic (exact) mass is 387 g/mol. The zero-order valence-electron chi connectivity index (χ0n) is 15.6. The molecule has 0 heterocycles. The number of nitrogens with two attached hydrogens (primary N) is 1. The van der Waals surface area contributed by atoms with Gasteiger partial charge in [-0.3, -0.25) is 4.79 Å². The SMILES string of the molecule is COc1ccccc1Oc1ccc(NC(=O)N(C)C2CC(C(N)=O)C2)cc1F. The number of hydrogen-bond donors (Lipinski definition) is 2. The minimum absolute atomic E-state index is 0.0131. The van der Waals surface area contributed by atoms with Crippen molar-refractivity contribution in [1.82, 2.24) is 4.90 Å². The molecule has 0 saturated heterocycles. The number of carbonyl (C=O) groups excluding carboxylic acids is 2. The molecule has 8 heteroatoms. The highest BCUT2D eigenvalue weighted by molar-refractivity contribution is 5.89. The van der Waals surface area contributed by atoms with Crippen molar-refractivity contribution in [2.75, 3.05) is 19.5 Å². The van der Waals surface area contributed by atoms with E-state index in [4.69, 9.17) is 15.2 Å². The van der Waals surface area contributed by atoms with Gasteiger partial charge in [-0.1, -0.05) is 12.1 Å². The topological polar surface area (TPSA) is 93.9 Å². The number of hydrogen-bond acceptors (Lipinski definition) is 4. The number of carbonyl (C=O) groups is 2. The van der Waals surface area contributed by atoms with E-state index in [0.29, 0.717) is 30.0 Å². The summed E-state index contributed by atoms with van der Waals surface area (Å²) < 4.78 is 25.2. The first kappa shape index (κ1) is 19.5. The van der Waals surface area contributed by atoms with Crippen molar-refractivity contribution in [3.63, 3.8) is 0 Å². The van der Waals surface area contributed by atoms with Crippen LogP contribution in [-0.2, 0) is 4.79 Å². The van der Waals surface area contributed by atoms with Gasteiger partial charge in [0.15, 0.2) is 23.1 Å². The van der Waals surface area contributed by atoms with E-state index in [0.717, 1.165) is 0 Å². The summed E-state index contributed by atoms with van der Waals surface area (Å²) in [5, 5.41) is 2.64. The van der Waals surface area contributed by atoms with Gasteiger partial charge in [-0.2, -0.15) is 0 Å². The van der Waals surface area contributed by atoms with Crippen molar-refractivity contribution >= 4 is 17.6 Å². The normalized spacial score (nSPS) is 18.0. The van der Waals surface area contributed by atoms with Crippen molar-refractivity contribution in [2.45, 2.75) is 18.9 Å². The Morgan fingerprint density at radius 3 is 2.43 bits per heavy atom. The van der Waals surface area contributed by atoms with Crippen LogP contribution in [0, 0.1) is 11.7 Å². The molecule has 2 aromatic rings. The van der Waals surface area contributed by atoms with Crippen molar-refractivity contribution in [1.29, 1.82) is 0 Å². The molecular formula is C20H22FN3O4. The van der Waals surface area contributed by atoms with E-state index in [1.165, 1.54) is 24.1 Å². The Kier molecular flexibility index (Phi) is 5.67. The minimum atomic E-state index is -0.621. The van der Waals surface area contributed by atoms with Crippen LogP contribution in [0.15, 0.2) is 42.5 Å². The van der Waals surface area contributed by atoms with E-state index < -0.39 is 5.82 Å². The Bertz CT molecular complexity index is 884. The summed E-state index contributed by atoms with van der Waals surface area (Å²) in [6.45, 7) is 0. The lowest BCUT2D eigenvalue weighted by Gasteiger charge is -2.39. The molecule has 2 aromatic carbocycles. The average Bonchev–Trinajstić information content (AvgIpc) is 2.62. The predicted molar refractivity (Wildman–Crippen MR) is 102 cm³/mol. The Morgan fingerprint density at radius 2 is 1.82 bits per heavy atom. The lowest BCUT2D eigenvalue weighted by molar-refractivity contribution is -0.125. The van der Waals surface area contributed by atoms with Crippen LogP contribution in [0.5, 0.6) is 17.2 Å². The highest BCUT2D eigenvalue weighted by Crippen LogP contribution is 2.34. The fraction of sp³-hybridized carbons (Fsp3) is 0.300. The molecule has 1 aliphatic rings. The zero-order valence-corrected chi connectivity index (χ0v) is 15.6. The lowest BCUT2D eigenvalue weighted by Crippen LogP contribution is -2.50. The van der Waals surface area contributed by atoms with Crippen molar-refractivity contribution in [3.05, 3.63) is 48.3 Å². The van der Waals surface area contributed by atoms with Crippen molar-refractivity contribution in [2.24, 2.45) is 11.7 Å². The highest BCUT2D eigenvalue weighted by atomic mass is 19.1. The molecule has 0 spiro atoms. The summed E-state index contributed by atoms with van der Waals surface area (Å²) in [6.07, 6.45) is 1.08. The molecule has 0 aliphatic heterocycles. The molecule has 0 atom stereocenters. The van der Waals surface area contributed by atoms with E-state index in [2.05, 4.69) is 5.32 Å². The lowest BCUT2D eigenvalue weighted by atomic mass is 9.79. The second-order valence-electron chi connectivity index (χ2n) is 6.66. The molecule has 0 aromatic heterocycles. The summed E-state index contributed by atoms with van der Waals surface area (Å²) in [4.78, 5) is 24.9. The first-order valence-electron chi connectivity index (χ1n) is 8.82. The second-order valence-corrected chi connectivity index (χ2v) is 6.66. The molecule has 28 heavy (non-hydrogen) atoms. The first-order valence-corrected chi connectivity index (χ1v) is 8.82. The maximum absolute atomic E-state index is 14.4. The van der Waals surface area contributed by atoms with Gasteiger partial charge in [0.1, 0.15) is 0 Å². The molecule has 7 nitrogen and oxygen atoms in total. The number of para-hydroxylation sites is 2. The van der Waals surface area contributed by atoms with Gasteiger partial charge >= 0.3 is 6.03 Å². The Morgan fingerprint density at radius 1 is 1.14 bits per heavy atom. The van der Waals surface area contributed by atoms with Crippen LogP contribution >= 0.6 is 0 Å². The smallest absolute Gasteiger partial charge is 0.321 e. The van der Waals surface area contributed by atoms with Crippen molar-refractivity contribution < 1.29 is 23.5 Å². The summed E-state index contributed by atoms with van der Waals surface area (Å²) in [7, 11) is 3.13. The minimum Gasteiger partial charge on any atom is -0.493 e. The number of nitrogens with one attached hydrogen (secondary N) is 1. The molecule has 148 valence electrons. The summed E-state index contributed by atoms with van der Waals surface area (Å²) in [5.74, 6) is -0.283. The van der Waals surface area contributed by atoms with Crippen LogP contribution in [0.25, 0.3) is 0 Å². The molecule has 0 unspecified atom stereocenters. The van der Waals surface area contributed by atoms with Gasteiger partial charge in [0.25, 0.3) is 0 Å². The molecule has 0 radical (unpaired) electrons. The fourth-order valence-electron chi connectivity index (χ4n) is 3.00. The zero-order chi connectivity index (χ0) is 20.3. The number of anilines is 1. The Labute approximate surface area is 162 Å². The van der Waals surface area contributed by atoms with Gasteiger partial charge in [0.2, 0.25) is 5.91 Å². The average molecular weight is 387 g/mol. The Balaban J connectivity index is 1.62. The second kappa shape index (κ2) is 8.16. The molecule has 1 aliphatic carbocycles. The van der Waals surface area contributed by atoms with Gasteiger partial charge in [0.05, 0.1) is 7.11 Å². The predicted octanol–water partition coefficient (Wildman–Crippen LogP) is 3.35. The van der Waals surface area contributed by atoms with E-state index in [1.807, 2.05) is 0 Å². The van der Waals surface area contributed by atoms with Crippen LogP contribution in [-0.4, -0.2) is 37.0 Å². The third-order valence-corrected chi connectivity index (χ3v) is 4.86. The van der Waals surface area contributed by atoms with Crippen LogP contribution in [0.3, 0.4) is 0 Å². The standard InChI is InChI=1S/C20H22FN3O4/c1-24(14-9-12(10-14)19(22)25)20(26)23-13-7-8-16(15(21)11-13)28-18-6-4-3-5-17(18)27-2/h3-8,11-12,14H,9-10H2,1-2H3,(H2,22,25)(H,23,26). The number of ether oxygens (including phenoxy) is 2. The van der Waals surface area contributed by atoms with Gasteiger partial charge in [0, 0.05) is 30.8 Å². The summed E-state index contributed by atoms with van der Waals surface area (Å²) in [6, 6.07) is 10.6. The number of halogens is 1. The number of nitrogens with zero attached hydrogens (tertiary/aromatic N) is 1. The van der Waals surface area contributed by atoms with Crippen LogP contribution < -0.4 is 20.5 Å². The number of methoxy groups -OCH3 is 1. The summed E-state index contributed by atoms with van der Waals surface area (Å²) >= 11 is 0. The molecular weight excluding hydrogens is 365 g/mol. The third kappa shape index (κ3) is 4.16. The fourth-order valence-corrected chi connectivity index (χ4v) is 3.00. The molecule has 3 rings (SSSR count). The first-order chi connectivity index (χ1) is 13.4. The van der Waals surface area contributed by atoms with Crippen molar-refractivity contribution in [3.8, 4) is 17.2 Å². The molecule has 3 N–H and O–H groups in total. The summed E-state index contributed by atoms with van der Waals surface area (Å²) in [5.41, 5.74) is 5.54. The van der Waals surface area contributed by atoms with Gasteiger partial charge < -0.3 is 25.4 Å². The van der Waals surface area contributed by atoms with E-state index in [9.17, 15) is 14.0 Å². The number of benzene rings is 2. The molecule has 0 bridgehead atoms. The van der Waals surface area contributed by atoms with Gasteiger partial charge in [-0.25, -0.2) is 9.18 Å². The quantitative estimate of drug-likeness (QED) is 0.795. The van der Waals surface area contributed by atoms with Crippen LogP contribution in [0.1, 0.15) is 12.8 Å². The number of amides is 3. The number of rotatable bonds is 6. The van der Waals surface area contributed by atoms with E-state index in [1.54, 1.807) is 37.4 Å².